The average Bonchev–Trinajstić information content (AvgIpc) is 2.94. The molecule has 0 unspecified atom stereocenters. The third-order valence-electron chi connectivity index (χ3n) is 5.93. The van der Waals surface area contributed by atoms with E-state index in [0.717, 1.165) is 16.9 Å². The van der Waals surface area contributed by atoms with Crippen LogP contribution < -0.4 is 14.9 Å². The van der Waals surface area contributed by atoms with Gasteiger partial charge in [0, 0.05) is 11.9 Å². The Morgan fingerprint density at radius 3 is 2.29 bits per heavy atom. The summed E-state index contributed by atoms with van der Waals surface area (Å²) in [6, 6.07) is 11.3. The first kappa shape index (κ1) is 23.2. The number of methoxy groups -OCH3 is 2. The van der Waals surface area contributed by atoms with E-state index in [0.29, 0.717) is 29.8 Å². The van der Waals surface area contributed by atoms with Crippen molar-refractivity contribution >= 4 is 18.6 Å². The van der Waals surface area contributed by atoms with Gasteiger partial charge < -0.3 is 23.5 Å². The standard InChI is InChI=1S/C24H31BO6/c1-16-12-17(14-19(13-16)27-6)10-11-29-21-9-8-18(22(26)28-7)15-20(21)25-30-23(2,3)24(4,5)31-25/h8-9,12-15H,10-11H2,1-7H3. The normalized spacial score (nSPS) is 16.8. The van der Waals surface area contributed by atoms with Crippen LogP contribution >= 0.6 is 0 Å². The van der Waals surface area contributed by atoms with Gasteiger partial charge in [-0.3, -0.25) is 0 Å². The van der Waals surface area contributed by atoms with Gasteiger partial charge in [0.1, 0.15) is 11.5 Å². The highest BCUT2D eigenvalue weighted by atomic mass is 16.7. The number of hydrogen-bond donors (Lipinski definition) is 0. The summed E-state index contributed by atoms with van der Waals surface area (Å²) in [6.45, 7) is 10.4. The van der Waals surface area contributed by atoms with Crippen molar-refractivity contribution in [3.63, 3.8) is 0 Å². The smallest absolute Gasteiger partial charge is 0.497 e. The second-order valence-corrected chi connectivity index (χ2v) is 8.79. The molecule has 1 saturated heterocycles. The number of benzene rings is 2. The van der Waals surface area contributed by atoms with Crippen molar-refractivity contribution in [2.24, 2.45) is 0 Å². The molecule has 0 atom stereocenters. The number of hydrogen-bond acceptors (Lipinski definition) is 6. The van der Waals surface area contributed by atoms with Crippen LogP contribution in [0.3, 0.4) is 0 Å². The second kappa shape index (κ2) is 8.93. The summed E-state index contributed by atoms with van der Waals surface area (Å²) < 4.78 is 28.7. The lowest BCUT2D eigenvalue weighted by atomic mass is 9.77. The molecule has 0 radical (unpaired) electrons. The molecule has 2 aromatic carbocycles. The van der Waals surface area contributed by atoms with E-state index in [1.54, 1.807) is 25.3 Å². The van der Waals surface area contributed by atoms with Crippen molar-refractivity contribution < 1.29 is 28.3 Å². The van der Waals surface area contributed by atoms with Crippen LogP contribution in [0.1, 0.15) is 49.2 Å². The van der Waals surface area contributed by atoms with Crippen LogP contribution in [0.25, 0.3) is 0 Å². The lowest BCUT2D eigenvalue weighted by Crippen LogP contribution is -2.41. The Morgan fingerprint density at radius 2 is 1.68 bits per heavy atom. The maximum atomic E-state index is 12.1. The molecule has 1 fully saturated rings. The van der Waals surface area contributed by atoms with Gasteiger partial charge in [-0.15, -0.1) is 0 Å². The van der Waals surface area contributed by atoms with Crippen LogP contribution in [-0.4, -0.2) is 45.1 Å². The second-order valence-electron chi connectivity index (χ2n) is 8.79. The van der Waals surface area contributed by atoms with Crippen LogP contribution in [0.2, 0.25) is 0 Å². The molecule has 1 heterocycles. The molecule has 6 nitrogen and oxygen atoms in total. The molecule has 1 aliphatic rings. The zero-order valence-electron chi connectivity index (χ0n) is 19.4. The maximum absolute atomic E-state index is 12.1. The van der Waals surface area contributed by atoms with Gasteiger partial charge in [0.05, 0.1) is 37.6 Å². The van der Waals surface area contributed by atoms with Crippen LogP contribution in [0.4, 0.5) is 0 Å². The molecule has 0 bridgehead atoms. The molecule has 0 saturated carbocycles. The van der Waals surface area contributed by atoms with E-state index in [9.17, 15) is 4.79 Å². The largest absolute Gasteiger partial charge is 0.498 e. The van der Waals surface area contributed by atoms with Gasteiger partial charge in [0.15, 0.2) is 0 Å². The number of carbonyl (C=O) groups is 1. The Labute approximate surface area is 184 Å². The molecule has 0 aromatic heterocycles. The Balaban J connectivity index is 1.83. The Kier molecular flexibility index (Phi) is 6.67. The van der Waals surface area contributed by atoms with Crippen LogP contribution in [-0.2, 0) is 20.5 Å². The molecule has 2 aromatic rings. The average molecular weight is 426 g/mol. The highest BCUT2D eigenvalue weighted by molar-refractivity contribution is 6.63. The fourth-order valence-electron chi connectivity index (χ4n) is 3.44. The third kappa shape index (κ3) is 5.05. The zero-order chi connectivity index (χ0) is 22.8. The van der Waals surface area contributed by atoms with Crippen molar-refractivity contribution in [1.29, 1.82) is 0 Å². The van der Waals surface area contributed by atoms with Crippen LogP contribution in [0.5, 0.6) is 11.5 Å². The highest BCUT2D eigenvalue weighted by Crippen LogP contribution is 2.37. The number of aryl methyl sites for hydroxylation is 1. The molecular weight excluding hydrogens is 395 g/mol. The van der Waals surface area contributed by atoms with Gasteiger partial charge in [-0.2, -0.15) is 0 Å². The molecule has 31 heavy (non-hydrogen) atoms. The summed E-state index contributed by atoms with van der Waals surface area (Å²) in [5.41, 5.74) is 2.34. The number of esters is 1. The molecule has 0 amide bonds. The summed E-state index contributed by atoms with van der Waals surface area (Å²) in [4.78, 5) is 12.1. The van der Waals surface area contributed by atoms with Crippen molar-refractivity contribution in [1.82, 2.24) is 0 Å². The quantitative estimate of drug-likeness (QED) is 0.497. The number of ether oxygens (including phenoxy) is 3. The van der Waals surface area contributed by atoms with E-state index in [4.69, 9.17) is 23.5 Å². The summed E-state index contributed by atoms with van der Waals surface area (Å²) in [6.07, 6.45) is 0.708. The number of rotatable bonds is 7. The lowest BCUT2D eigenvalue weighted by molar-refractivity contribution is 0.00578. The van der Waals surface area contributed by atoms with Crippen LogP contribution in [0.15, 0.2) is 36.4 Å². The van der Waals surface area contributed by atoms with E-state index < -0.39 is 24.3 Å². The minimum atomic E-state index is -0.649. The Bertz CT molecular complexity index is 937. The minimum absolute atomic E-state index is 0.419. The van der Waals surface area contributed by atoms with Crippen molar-refractivity contribution in [3.8, 4) is 11.5 Å². The molecule has 0 spiro atoms. The lowest BCUT2D eigenvalue weighted by Gasteiger charge is -2.32. The number of carbonyl (C=O) groups excluding carboxylic acids is 1. The van der Waals surface area contributed by atoms with Gasteiger partial charge in [-0.25, -0.2) is 4.79 Å². The third-order valence-corrected chi connectivity index (χ3v) is 5.93. The predicted octanol–water partition coefficient (Wildman–Crippen LogP) is 3.71. The summed E-state index contributed by atoms with van der Waals surface area (Å²) in [5.74, 6) is 1.03. The monoisotopic (exact) mass is 426 g/mol. The van der Waals surface area contributed by atoms with Crippen LogP contribution in [0, 0.1) is 6.92 Å². The Hall–Kier alpha value is -2.51. The van der Waals surface area contributed by atoms with Gasteiger partial charge in [0.25, 0.3) is 0 Å². The fraction of sp³-hybridized carbons (Fsp3) is 0.458. The molecule has 3 rings (SSSR count). The van der Waals surface area contributed by atoms with E-state index >= 15 is 0 Å². The molecule has 0 aliphatic carbocycles. The first-order valence-electron chi connectivity index (χ1n) is 10.4. The van der Waals surface area contributed by atoms with Crippen molar-refractivity contribution in [3.05, 3.63) is 53.1 Å². The highest BCUT2D eigenvalue weighted by Gasteiger charge is 2.52. The SMILES string of the molecule is COC(=O)c1ccc(OCCc2cc(C)cc(OC)c2)c(B2OC(C)(C)C(C)(C)O2)c1. The van der Waals surface area contributed by atoms with Gasteiger partial charge in [0.2, 0.25) is 0 Å². The molecular formula is C24H31BO6. The first-order valence-corrected chi connectivity index (χ1v) is 10.4. The first-order chi connectivity index (χ1) is 14.6. The van der Waals surface area contributed by atoms with Crippen molar-refractivity contribution in [2.75, 3.05) is 20.8 Å². The van der Waals surface area contributed by atoms with E-state index in [1.165, 1.54) is 7.11 Å². The van der Waals surface area contributed by atoms with E-state index in [-0.39, 0.29) is 0 Å². The zero-order valence-corrected chi connectivity index (χ0v) is 19.4. The van der Waals surface area contributed by atoms with E-state index in [2.05, 4.69) is 6.07 Å². The van der Waals surface area contributed by atoms with Gasteiger partial charge in [-0.05, 0) is 76.1 Å². The molecule has 1 aliphatic heterocycles. The summed E-state index contributed by atoms with van der Waals surface area (Å²) in [7, 11) is 2.37. The van der Waals surface area contributed by atoms with Gasteiger partial charge >= 0.3 is 13.1 Å². The van der Waals surface area contributed by atoms with E-state index in [1.807, 2.05) is 46.8 Å². The maximum Gasteiger partial charge on any atom is 0.498 e. The molecule has 7 heteroatoms. The Morgan fingerprint density at radius 1 is 1.00 bits per heavy atom. The van der Waals surface area contributed by atoms with Gasteiger partial charge in [-0.1, -0.05) is 6.07 Å². The fourth-order valence-corrected chi connectivity index (χ4v) is 3.44. The predicted molar refractivity (Wildman–Crippen MR) is 120 cm³/mol. The molecule has 166 valence electrons. The van der Waals surface area contributed by atoms with Crippen molar-refractivity contribution in [2.45, 2.75) is 52.2 Å². The summed E-state index contributed by atoms with van der Waals surface area (Å²) in [5, 5.41) is 0. The summed E-state index contributed by atoms with van der Waals surface area (Å²) >= 11 is 0. The minimum Gasteiger partial charge on any atom is -0.497 e. The molecule has 0 N–H and O–H groups in total. The topological polar surface area (TPSA) is 63.2 Å².